The second kappa shape index (κ2) is 7.15. The third-order valence-electron chi connectivity index (χ3n) is 3.74. The Labute approximate surface area is 131 Å². The van der Waals surface area contributed by atoms with Gasteiger partial charge < -0.3 is 4.90 Å². The molecule has 0 radical (unpaired) electrons. The number of nitrogens with zero attached hydrogens (tertiary/aromatic N) is 3. The summed E-state index contributed by atoms with van der Waals surface area (Å²) in [6, 6.07) is 0. The van der Waals surface area contributed by atoms with Crippen molar-refractivity contribution < 1.29 is 8.42 Å². The summed E-state index contributed by atoms with van der Waals surface area (Å²) >= 11 is 1.68. The van der Waals surface area contributed by atoms with Crippen LogP contribution in [0.25, 0.3) is 0 Å². The molecule has 120 valence electrons. The molecule has 0 spiro atoms. The first kappa shape index (κ1) is 16.8. The zero-order valence-corrected chi connectivity index (χ0v) is 14.5. The van der Waals surface area contributed by atoms with Crippen molar-refractivity contribution in [3.8, 4) is 0 Å². The minimum atomic E-state index is -3.28. The molecule has 1 aromatic rings. The number of hydrogen-bond acceptors (Lipinski definition) is 5. The Morgan fingerprint density at radius 3 is 2.95 bits per heavy atom. The molecule has 0 amide bonds. The van der Waals surface area contributed by atoms with Gasteiger partial charge in [-0.2, -0.15) is 12.7 Å². The van der Waals surface area contributed by atoms with Gasteiger partial charge >= 0.3 is 0 Å². The van der Waals surface area contributed by atoms with Crippen molar-refractivity contribution in [1.29, 1.82) is 0 Å². The molecule has 0 unspecified atom stereocenters. The second-order valence-electron chi connectivity index (χ2n) is 5.57. The summed E-state index contributed by atoms with van der Waals surface area (Å²) in [6.45, 7) is 7.29. The molecule has 1 aromatic heterocycles. The third kappa shape index (κ3) is 4.46. The van der Waals surface area contributed by atoms with E-state index in [1.54, 1.807) is 22.6 Å². The van der Waals surface area contributed by atoms with Crippen LogP contribution in [0.5, 0.6) is 0 Å². The van der Waals surface area contributed by atoms with E-state index in [0.29, 0.717) is 25.6 Å². The summed E-state index contributed by atoms with van der Waals surface area (Å²) < 4.78 is 28.0. The minimum Gasteiger partial charge on any atom is -0.301 e. The number of rotatable bonds is 7. The van der Waals surface area contributed by atoms with E-state index in [1.807, 2.05) is 12.4 Å². The van der Waals surface area contributed by atoms with E-state index in [-0.39, 0.29) is 0 Å². The largest absolute Gasteiger partial charge is 0.301 e. The molecule has 2 heterocycles. The van der Waals surface area contributed by atoms with Gasteiger partial charge in [0.25, 0.3) is 10.2 Å². The van der Waals surface area contributed by atoms with E-state index < -0.39 is 10.2 Å². The molecule has 1 N–H and O–H groups in total. The second-order valence-corrected chi connectivity index (χ2v) is 8.27. The molecule has 6 nitrogen and oxygen atoms in total. The van der Waals surface area contributed by atoms with Gasteiger partial charge in [-0.1, -0.05) is 6.92 Å². The van der Waals surface area contributed by atoms with Crippen LogP contribution >= 0.6 is 11.3 Å². The van der Waals surface area contributed by atoms with Crippen molar-refractivity contribution in [3.05, 3.63) is 16.1 Å². The lowest BCUT2D eigenvalue weighted by molar-refractivity contribution is 0.274. The van der Waals surface area contributed by atoms with Crippen LogP contribution in [0.15, 0.2) is 5.51 Å². The van der Waals surface area contributed by atoms with Gasteiger partial charge in [0.2, 0.25) is 0 Å². The molecule has 21 heavy (non-hydrogen) atoms. The minimum absolute atomic E-state index is 0.400. The number of hydrogen-bond donors (Lipinski definition) is 1. The van der Waals surface area contributed by atoms with Gasteiger partial charge in [0.1, 0.15) is 0 Å². The van der Waals surface area contributed by atoms with Crippen molar-refractivity contribution in [2.45, 2.75) is 26.8 Å². The van der Waals surface area contributed by atoms with Crippen molar-refractivity contribution in [2.75, 3.05) is 33.2 Å². The van der Waals surface area contributed by atoms with Crippen molar-refractivity contribution in [3.63, 3.8) is 0 Å². The fourth-order valence-electron chi connectivity index (χ4n) is 2.67. The van der Waals surface area contributed by atoms with Crippen LogP contribution in [0.2, 0.25) is 0 Å². The van der Waals surface area contributed by atoms with Gasteiger partial charge in [0.15, 0.2) is 0 Å². The standard InChI is InChI=1S/C13H24N4O2S2/c1-4-15-21(18,19)17-6-5-12(8-17)7-16(3)9-13-11(2)14-10-20-13/h10,12,15H,4-9H2,1-3H3/t12-/m1/s1. The summed E-state index contributed by atoms with van der Waals surface area (Å²) in [5.41, 5.74) is 2.97. The average molecular weight is 332 g/mol. The van der Waals surface area contributed by atoms with Gasteiger partial charge in [-0.3, -0.25) is 0 Å². The van der Waals surface area contributed by atoms with Gasteiger partial charge in [-0.05, 0) is 26.3 Å². The number of nitrogens with one attached hydrogen (secondary N) is 1. The molecule has 2 rings (SSSR count). The Hall–Kier alpha value is -0.540. The van der Waals surface area contributed by atoms with Gasteiger partial charge in [0, 0.05) is 37.6 Å². The average Bonchev–Trinajstić information content (AvgIpc) is 3.00. The number of thiazole rings is 1. The van der Waals surface area contributed by atoms with Gasteiger partial charge in [0.05, 0.1) is 11.2 Å². The first-order valence-electron chi connectivity index (χ1n) is 7.24. The van der Waals surface area contributed by atoms with Crippen LogP contribution in [0.4, 0.5) is 0 Å². The molecular weight excluding hydrogens is 308 g/mol. The highest BCUT2D eigenvalue weighted by Gasteiger charge is 2.31. The Bertz CT molecular complexity index is 558. The molecule has 0 saturated carbocycles. The van der Waals surface area contributed by atoms with E-state index in [0.717, 1.165) is 25.2 Å². The number of aryl methyl sites for hydroxylation is 1. The zero-order valence-electron chi connectivity index (χ0n) is 12.9. The SMILES string of the molecule is CCNS(=O)(=O)N1CC[C@H](CN(C)Cc2scnc2C)C1. The first-order chi connectivity index (χ1) is 9.92. The molecule has 0 aliphatic carbocycles. The van der Waals surface area contributed by atoms with Crippen molar-refractivity contribution in [2.24, 2.45) is 5.92 Å². The van der Waals surface area contributed by atoms with E-state index in [2.05, 4.69) is 21.7 Å². The normalized spacial score (nSPS) is 20.5. The van der Waals surface area contributed by atoms with E-state index in [1.165, 1.54) is 4.88 Å². The molecule has 1 aliphatic heterocycles. The van der Waals surface area contributed by atoms with Gasteiger partial charge in [-0.25, -0.2) is 9.71 Å². The Morgan fingerprint density at radius 1 is 1.57 bits per heavy atom. The quantitative estimate of drug-likeness (QED) is 0.811. The summed E-state index contributed by atoms with van der Waals surface area (Å²) in [7, 11) is -1.19. The summed E-state index contributed by atoms with van der Waals surface area (Å²) in [5.74, 6) is 0.400. The molecule has 1 saturated heterocycles. The van der Waals surface area contributed by atoms with Gasteiger partial charge in [-0.15, -0.1) is 11.3 Å². The summed E-state index contributed by atoms with van der Waals surface area (Å²) in [6.07, 6.45) is 0.927. The molecule has 1 atom stereocenters. The maximum atomic E-state index is 12.0. The smallest absolute Gasteiger partial charge is 0.279 e. The highest BCUT2D eigenvalue weighted by molar-refractivity contribution is 7.87. The Kier molecular flexibility index (Phi) is 5.73. The van der Waals surface area contributed by atoms with Crippen LogP contribution < -0.4 is 4.72 Å². The van der Waals surface area contributed by atoms with Crippen LogP contribution in [0, 0.1) is 12.8 Å². The third-order valence-corrected chi connectivity index (χ3v) is 6.33. The Morgan fingerprint density at radius 2 is 2.33 bits per heavy atom. The molecule has 8 heteroatoms. The molecule has 1 aliphatic rings. The topological polar surface area (TPSA) is 65.5 Å². The predicted octanol–water partition coefficient (Wildman–Crippen LogP) is 1.06. The highest BCUT2D eigenvalue weighted by Crippen LogP contribution is 2.21. The molecular formula is C13H24N4O2S2. The van der Waals surface area contributed by atoms with Crippen LogP contribution in [0.3, 0.4) is 0 Å². The highest BCUT2D eigenvalue weighted by atomic mass is 32.2. The van der Waals surface area contributed by atoms with Crippen LogP contribution in [-0.2, 0) is 16.8 Å². The molecule has 0 aromatic carbocycles. The van der Waals surface area contributed by atoms with E-state index in [4.69, 9.17) is 0 Å². The predicted molar refractivity (Wildman–Crippen MR) is 85.5 cm³/mol. The lowest BCUT2D eigenvalue weighted by atomic mass is 10.1. The maximum absolute atomic E-state index is 12.0. The lowest BCUT2D eigenvalue weighted by Gasteiger charge is -2.21. The van der Waals surface area contributed by atoms with Crippen molar-refractivity contribution >= 4 is 21.5 Å². The van der Waals surface area contributed by atoms with E-state index in [9.17, 15) is 8.42 Å². The maximum Gasteiger partial charge on any atom is 0.279 e. The van der Waals surface area contributed by atoms with E-state index >= 15 is 0 Å². The Balaban J connectivity index is 1.84. The fourth-order valence-corrected chi connectivity index (χ4v) is 4.82. The monoisotopic (exact) mass is 332 g/mol. The number of aromatic nitrogens is 1. The molecule has 0 bridgehead atoms. The first-order valence-corrected chi connectivity index (χ1v) is 9.56. The van der Waals surface area contributed by atoms with Crippen LogP contribution in [0.1, 0.15) is 23.9 Å². The summed E-state index contributed by atoms with van der Waals surface area (Å²) in [4.78, 5) is 7.81. The fraction of sp³-hybridized carbons (Fsp3) is 0.769. The molecule has 1 fully saturated rings. The zero-order chi connectivity index (χ0) is 15.5. The lowest BCUT2D eigenvalue weighted by Crippen LogP contribution is -2.39. The van der Waals surface area contributed by atoms with Crippen LogP contribution in [-0.4, -0.2) is 55.8 Å². The summed E-state index contributed by atoms with van der Waals surface area (Å²) in [5, 5.41) is 0. The van der Waals surface area contributed by atoms with Crippen molar-refractivity contribution in [1.82, 2.24) is 18.9 Å².